The van der Waals surface area contributed by atoms with Crippen LogP contribution in [0.1, 0.15) is 11.1 Å². The van der Waals surface area contributed by atoms with Gasteiger partial charge in [-0.15, -0.1) is 0 Å². The molecule has 3 nitrogen and oxygen atoms in total. The van der Waals surface area contributed by atoms with Gasteiger partial charge in [-0.2, -0.15) is 0 Å². The van der Waals surface area contributed by atoms with Gasteiger partial charge in [-0.1, -0.05) is 18.2 Å². The number of anilines is 1. The number of benzene rings is 2. The molecule has 0 aromatic heterocycles. The van der Waals surface area contributed by atoms with E-state index in [2.05, 4.69) is 0 Å². The van der Waals surface area contributed by atoms with Crippen LogP contribution in [0.5, 0.6) is 11.5 Å². The molecule has 3 heteroatoms. The molecule has 0 amide bonds. The lowest BCUT2D eigenvalue weighted by molar-refractivity contribution is 0.474. The zero-order chi connectivity index (χ0) is 11.5. The van der Waals surface area contributed by atoms with Gasteiger partial charge in [0.15, 0.2) is 0 Å². The van der Waals surface area contributed by atoms with Crippen LogP contribution < -0.4 is 5.73 Å². The average molecular weight is 215 g/mol. The van der Waals surface area contributed by atoms with Crippen LogP contribution in [0.25, 0.3) is 0 Å². The Hall–Kier alpha value is -2.16. The van der Waals surface area contributed by atoms with Crippen LogP contribution in [0.3, 0.4) is 0 Å². The summed E-state index contributed by atoms with van der Waals surface area (Å²) in [5.41, 5.74) is 7.84. The van der Waals surface area contributed by atoms with E-state index in [1.54, 1.807) is 30.3 Å². The zero-order valence-corrected chi connectivity index (χ0v) is 8.72. The highest BCUT2D eigenvalue weighted by Gasteiger charge is 2.01. The highest BCUT2D eigenvalue weighted by molar-refractivity contribution is 5.53. The van der Waals surface area contributed by atoms with Gasteiger partial charge in [0.25, 0.3) is 0 Å². The van der Waals surface area contributed by atoms with Crippen molar-refractivity contribution in [2.24, 2.45) is 0 Å². The third-order valence-electron chi connectivity index (χ3n) is 2.41. The van der Waals surface area contributed by atoms with Gasteiger partial charge >= 0.3 is 0 Å². The van der Waals surface area contributed by atoms with E-state index in [9.17, 15) is 10.2 Å². The molecule has 16 heavy (non-hydrogen) atoms. The third-order valence-corrected chi connectivity index (χ3v) is 2.41. The lowest BCUT2D eigenvalue weighted by atomic mass is 10.0. The first kappa shape index (κ1) is 10.4. The first-order valence-corrected chi connectivity index (χ1v) is 5.00. The van der Waals surface area contributed by atoms with Crippen molar-refractivity contribution >= 4 is 5.69 Å². The van der Waals surface area contributed by atoms with Crippen molar-refractivity contribution in [2.45, 2.75) is 6.42 Å². The van der Waals surface area contributed by atoms with Crippen LogP contribution in [0, 0.1) is 0 Å². The normalized spacial score (nSPS) is 10.2. The van der Waals surface area contributed by atoms with Gasteiger partial charge in [0.2, 0.25) is 0 Å². The fraction of sp³-hybridized carbons (Fsp3) is 0.0769. The first-order chi connectivity index (χ1) is 7.65. The lowest BCUT2D eigenvalue weighted by Gasteiger charge is -2.05. The van der Waals surface area contributed by atoms with Crippen molar-refractivity contribution in [3.63, 3.8) is 0 Å². The minimum absolute atomic E-state index is 0.0950. The average Bonchev–Trinajstić information content (AvgIpc) is 2.24. The van der Waals surface area contributed by atoms with E-state index in [0.717, 1.165) is 11.1 Å². The quantitative estimate of drug-likeness (QED) is 0.531. The van der Waals surface area contributed by atoms with Crippen molar-refractivity contribution in [1.82, 2.24) is 0 Å². The number of phenolic OH excluding ortho intramolecular Hbond substituents is 2. The molecule has 0 saturated carbocycles. The highest BCUT2D eigenvalue weighted by Crippen LogP contribution is 2.23. The van der Waals surface area contributed by atoms with E-state index in [4.69, 9.17) is 5.73 Å². The van der Waals surface area contributed by atoms with Gasteiger partial charge in [0.05, 0.1) is 5.69 Å². The number of nitrogen functional groups attached to an aromatic ring is 1. The SMILES string of the molecule is Nc1ccc(Cc2cccc(O)c2)cc1O. The maximum atomic E-state index is 9.46. The number of rotatable bonds is 2. The van der Waals surface area contributed by atoms with E-state index in [1.165, 1.54) is 0 Å². The molecule has 0 aliphatic heterocycles. The van der Waals surface area contributed by atoms with Crippen molar-refractivity contribution in [3.05, 3.63) is 53.6 Å². The zero-order valence-electron chi connectivity index (χ0n) is 8.72. The predicted octanol–water partition coefficient (Wildman–Crippen LogP) is 2.27. The number of nitrogens with two attached hydrogens (primary N) is 1. The molecule has 0 bridgehead atoms. The van der Waals surface area contributed by atoms with Crippen molar-refractivity contribution in [1.29, 1.82) is 0 Å². The lowest BCUT2D eigenvalue weighted by Crippen LogP contribution is -1.90. The molecule has 0 atom stereocenters. The topological polar surface area (TPSA) is 66.5 Å². The summed E-state index contributed by atoms with van der Waals surface area (Å²) in [5, 5.41) is 18.8. The van der Waals surface area contributed by atoms with Crippen LogP contribution in [0.2, 0.25) is 0 Å². The Morgan fingerprint density at radius 1 is 0.938 bits per heavy atom. The maximum absolute atomic E-state index is 9.46. The van der Waals surface area contributed by atoms with Gasteiger partial charge in [0.1, 0.15) is 11.5 Å². The number of aromatic hydroxyl groups is 2. The van der Waals surface area contributed by atoms with Crippen molar-refractivity contribution in [2.75, 3.05) is 5.73 Å². The van der Waals surface area contributed by atoms with E-state index < -0.39 is 0 Å². The van der Waals surface area contributed by atoms with E-state index in [-0.39, 0.29) is 11.5 Å². The molecule has 4 N–H and O–H groups in total. The van der Waals surface area contributed by atoms with E-state index in [0.29, 0.717) is 12.1 Å². The Morgan fingerprint density at radius 2 is 1.69 bits per heavy atom. The number of hydrogen-bond acceptors (Lipinski definition) is 3. The maximum Gasteiger partial charge on any atom is 0.138 e. The van der Waals surface area contributed by atoms with E-state index >= 15 is 0 Å². The van der Waals surface area contributed by atoms with Crippen molar-refractivity contribution < 1.29 is 10.2 Å². The van der Waals surface area contributed by atoms with Gasteiger partial charge in [-0.3, -0.25) is 0 Å². The summed E-state index contributed by atoms with van der Waals surface area (Å²) in [6, 6.07) is 12.2. The molecule has 2 aromatic carbocycles. The van der Waals surface area contributed by atoms with E-state index in [1.807, 2.05) is 12.1 Å². The fourth-order valence-corrected chi connectivity index (χ4v) is 1.60. The molecule has 0 fully saturated rings. The Morgan fingerprint density at radius 3 is 2.38 bits per heavy atom. The molecule has 0 radical (unpaired) electrons. The Balaban J connectivity index is 2.24. The molecular weight excluding hydrogens is 202 g/mol. The van der Waals surface area contributed by atoms with Crippen LogP contribution in [0.4, 0.5) is 5.69 Å². The van der Waals surface area contributed by atoms with Gasteiger partial charge in [0, 0.05) is 0 Å². The second-order valence-electron chi connectivity index (χ2n) is 3.74. The van der Waals surface area contributed by atoms with Gasteiger partial charge in [-0.25, -0.2) is 0 Å². The molecule has 0 unspecified atom stereocenters. The molecule has 0 saturated heterocycles. The number of hydrogen-bond donors (Lipinski definition) is 3. The van der Waals surface area contributed by atoms with Crippen LogP contribution in [0.15, 0.2) is 42.5 Å². The Kier molecular flexibility index (Phi) is 2.68. The number of phenols is 2. The monoisotopic (exact) mass is 215 g/mol. The third kappa shape index (κ3) is 2.25. The Labute approximate surface area is 93.8 Å². The standard InChI is InChI=1S/C13H13NO2/c14-12-5-4-10(8-13(12)16)6-9-2-1-3-11(15)7-9/h1-5,7-8,15-16H,6,14H2. The summed E-state index contributed by atoms with van der Waals surface area (Å²) in [6.45, 7) is 0. The minimum atomic E-state index is 0.0950. The first-order valence-electron chi connectivity index (χ1n) is 5.00. The highest BCUT2D eigenvalue weighted by atomic mass is 16.3. The molecule has 2 rings (SSSR count). The molecule has 0 aliphatic carbocycles. The summed E-state index contributed by atoms with van der Waals surface area (Å²) >= 11 is 0. The van der Waals surface area contributed by atoms with Crippen LogP contribution >= 0.6 is 0 Å². The molecule has 82 valence electrons. The summed E-state index contributed by atoms with van der Waals surface area (Å²) in [6.07, 6.45) is 0.655. The summed E-state index contributed by atoms with van der Waals surface area (Å²) in [5.74, 6) is 0.342. The second kappa shape index (κ2) is 4.14. The summed E-state index contributed by atoms with van der Waals surface area (Å²) < 4.78 is 0. The molecule has 2 aromatic rings. The van der Waals surface area contributed by atoms with Crippen LogP contribution in [-0.2, 0) is 6.42 Å². The molecule has 0 aliphatic rings. The van der Waals surface area contributed by atoms with Crippen LogP contribution in [-0.4, -0.2) is 10.2 Å². The predicted molar refractivity (Wildman–Crippen MR) is 63.4 cm³/mol. The molecular formula is C13H13NO2. The Bertz CT molecular complexity index is 509. The van der Waals surface area contributed by atoms with Crippen molar-refractivity contribution in [3.8, 4) is 11.5 Å². The largest absolute Gasteiger partial charge is 0.508 e. The second-order valence-corrected chi connectivity index (χ2v) is 3.74. The van der Waals surface area contributed by atoms with Gasteiger partial charge in [-0.05, 0) is 41.8 Å². The fourth-order valence-electron chi connectivity index (χ4n) is 1.60. The smallest absolute Gasteiger partial charge is 0.138 e. The molecule has 0 heterocycles. The summed E-state index contributed by atoms with van der Waals surface area (Å²) in [4.78, 5) is 0. The minimum Gasteiger partial charge on any atom is -0.508 e. The van der Waals surface area contributed by atoms with Gasteiger partial charge < -0.3 is 15.9 Å². The molecule has 0 spiro atoms. The summed E-state index contributed by atoms with van der Waals surface area (Å²) in [7, 11) is 0.